The topological polar surface area (TPSA) is 87.7 Å². The van der Waals surface area contributed by atoms with Crippen molar-refractivity contribution < 1.29 is 19.4 Å². The molecule has 0 aromatic heterocycles. The maximum Gasteiger partial charge on any atom is 0.319 e. The Hall–Kier alpha value is -3.02. The number of aryl methyl sites for hydroxylation is 1. The van der Waals surface area contributed by atoms with Crippen LogP contribution < -0.4 is 15.4 Å². The van der Waals surface area contributed by atoms with Gasteiger partial charge in [-0.05, 0) is 43.2 Å². The van der Waals surface area contributed by atoms with Crippen molar-refractivity contribution in [2.24, 2.45) is 0 Å². The van der Waals surface area contributed by atoms with Gasteiger partial charge in [0.1, 0.15) is 5.75 Å². The summed E-state index contributed by atoms with van der Waals surface area (Å²) in [6.45, 7) is 3.04. The molecule has 6 heteroatoms. The summed E-state index contributed by atoms with van der Waals surface area (Å²) in [7, 11) is 0. The molecule has 2 aromatic carbocycles. The average Bonchev–Trinajstić information content (AvgIpc) is 2.57. The lowest BCUT2D eigenvalue weighted by molar-refractivity contribution is -0.136. The molecular weight excluding hydrogens is 320 g/mol. The molecule has 2 amide bonds. The fourth-order valence-electron chi connectivity index (χ4n) is 2.15. The summed E-state index contributed by atoms with van der Waals surface area (Å²) >= 11 is 0. The summed E-state index contributed by atoms with van der Waals surface area (Å²) in [5.74, 6) is -0.0668. The Morgan fingerprint density at radius 1 is 1.04 bits per heavy atom. The molecule has 2 aromatic rings. The van der Waals surface area contributed by atoms with E-state index < -0.39 is 5.97 Å². The van der Waals surface area contributed by atoms with Gasteiger partial charge in [0, 0.05) is 12.2 Å². The van der Waals surface area contributed by atoms with Gasteiger partial charge >= 0.3 is 12.0 Å². The van der Waals surface area contributed by atoms with Gasteiger partial charge in [-0.1, -0.05) is 29.8 Å². The number of hydrogen-bond acceptors (Lipinski definition) is 3. The first-order valence-corrected chi connectivity index (χ1v) is 8.08. The standard InChI is InChI=1S/C19H22N2O4/c1-14-3-9-17(10-4-14)25-12-2-11-20-19(24)21-16-7-5-15(6-8-16)13-18(22)23/h3-10H,2,11-13H2,1H3,(H,22,23)(H2,20,21,24). The van der Waals surface area contributed by atoms with Gasteiger partial charge in [0.15, 0.2) is 0 Å². The van der Waals surface area contributed by atoms with Gasteiger partial charge in [-0.2, -0.15) is 0 Å². The normalized spacial score (nSPS) is 10.1. The van der Waals surface area contributed by atoms with Crippen molar-refractivity contribution in [2.45, 2.75) is 19.8 Å². The second kappa shape index (κ2) is 9.32. The van der Waals surface area contributed by atoms with Crippen LogP contribution in [0.25, 0.3) is 0 Å². The van der Waals surface area contributed by atoms with E-state index in [1.54, 1.807) is 24.3 Å². The number of carboxylic acid groups (broad SMARTS) is 1. The molecule has 0 aliphatic carbocycles. The van der Waals surface area contributed by atoms with Crippen molar-refractivity contribution in [2.75, 3.05) is 18.5 Å². The van der Waals surface area contributed by atoms with Gasteiger partial charge in [-0.3, -0.25) is 4.79 Å². The highest BCUT2D eigenvalue weighted by Gasteiger charge is 2.03. The van der Waals surface area contributed by atoms with Crippen molar-refractivity contribution in [1.82, 2.24) is 5.32 Å². The van der Waals surface area contributed by atoms with Crippen LogP contribution in [0.5, 0.6) is 5.75 Å². The first kappa shape index (κ1) is 18.3. The van der Waals surface area contributed by atoms with Crippen LogP contribution >= 0.6 is 0 Å². The molecular formula is C19H22N2O4. The van der Waals surface area contributed by atoms with Gasteiger partial charge < -0.3 is 20.5 Å². The molecule has 132 valence electrons. The quantitative estimate of drug-likeness (QED) is 0.643. The van der Waals surface area contributed by atoms with E-state index >= 15 is 0 Å². The lowest BCUT2D eigenvalue weighted by Crippen LogP contribution is -2.30. The SMILES string of the molecule is Cc1ccc(OCCCNC(=O)Nc2ccc(CC(=O)O)cc2)cc1. The number of nitrogens with one attached hydrogen (secondary N) is 2. The monoisotopic (exact) mass is 342 g/mol. The summed E-state index contributed by atoms with van der Waals surface area (Å²) in [6.07, 6.45) is 0.659. The van der Waals surface area contributed by atoms with E-state index in [1.807, 2.05) is 31.2 Å². The van der Waals surface area contributed by atoms with Crippen molar-refractivity contribution in [3.8, 4) is 5.75 Å². The number of anilines is 1. The summed E-state index contributed by atoms with van der Waals surface area (Å²) in [4.78, 5) is 22.4. The van der Waals surface area contributed by atoms with Crippen molar-refractivity contribution >= 4 is 17.7 Å². The Balaban J connectivity index is 1.63. The molecule has 0 atom stereocenters. The highest BCUT2D eigenvalue weighted by atomic mass is 16.5. The molecule has 0 fully saturated rings. The minimum absolute atomic E-state index is 0.0343. The zero-order valence-corrected chi connectivity index (χ0v) is 14.1. The van der Waals surface area contributed by atoms with Gasteiger partial charge in [-0.25, -0.2) is 4.79 Å². The zero-order valence-electron chi connectivity index (χ0n) is 14.1. The molecule has 0 heterocycles. The third kappa shape index (κ3) is 6.95. The summed E-state index contributed by atoms with van der Waals surface area (Å²) in [5, 5.41) is 14.2. The third-order valence-electron chi connectivity index (χ3n) is 3.46. The largest absolute Gasteiger partial charge is 0.494 e. The Kier molecular flexibility index (Phi) is 6.83. The van der Waals surface area contributed by atoms with Crippen LogP contribution in [0, 0.1) is 6.92 Å². The number of rotatable bonds is 8. The van der Waals surface area contributed by atoms with E-state index in [4.69, 9.17) is 9.84 Å². The third-order valence-corrected chi connectivity index (χ3v) is 3.46. The molecule has 0 aliphatic heterocycles. The maximum absolute atomic E-state index is 11.8. The molecule has 0 spiro atoms. The highest BCUT2D eigenvalue weighted by Crippen LogP contribution is 2.11. The van der Waals surface area contributed by atoms with Crippen LogP contribution in [-0.2, 0) is 11.2 Å². The second-order valence-corrected chi connectivity index (χ2v) is 5.66. The fourth-order valence-corrected chi connectivity index (χ4v) is 2.15. The molecule has 3 N–H and O–H groups in total. The van der Waals surface area contributed by atoms with Crippen molar-refractivity contribution in [3.05, 3.63) is 59.7 Å². The number of urea groups is 1. The van der Waals surface area contributed by atoms with E-state index in [1.165, 1.54) is 5.56 Å². The summed E-state index contributed by atoms with van der Waals surface area (Å²) in [6, 6.07) is 14.2. The van der Waals surface area contributed by atoms with Gasteiger partial charge in [-0.15, -0.1) is 0 Å². The van der Waals surface area contributed by atoms with Crippen LogP contribution in [-0.4, -0.2) is 30.3 Å². The van der Waals surface area contributed by atoms with Crippen LogP contribution in [0.4, 0.5) is 10.5 Å². The van der Waals surface area contributed by atoms with E-state index in [-0.39, 0.29) is 12.5 Å². The van der Waals surface area contributed by atoms with Crippen LogP contribution in [0.2, 0.25) is 0 Å². The Bertz CT molecular complexity index is 696. The molecule has 0 aliphatic rings. The minimum atomic E-state index is -0.883. The number of carbonyl (C=O) groups is 2. The molecule has 2 rings (SSSR count). The maximum atomic E-state index is 11.8. The smallest absolute Gasteiger partial charge is 0.319 e. The van der Waals surface area contributed by atoms with Gasteiger partial charge in [0.2, 0.25) is 0 Å². The molecule has 0 radical (unpaired) electrons. The second-order valence-electron chi connectivity index (χ2n) is 5.66. The van der Waals surface area contributed by atoms with Crippen molar-refractivity contribution in [3.63, 3.8) is 0 Å². The number of hydrogen-bond donors (Lipinski definition) is 3. The van der Waals surface area contributed by atoms with E-state index in [2.05, 4.69) is 10.6 Å². The Morgan fingerprint density at radius 3 is 2.36 bits per heavy atom. The van der Waals surface area contributed by atoms with Crippen LogP contribution in [0.3, 0.4) is 0 Å². The van der Waals surface area contributed by atoms with E-state index in [9.17, 15) is 9.59 Å². The van der Waals surface area contributed by atoms with E-state index in [0.717, 1.165) is 5.75 Å². The Labute approximate surface area is 146 Å². The molecule has 0 bridgehead atoms. The first-order valence-electron chi connectivity index (χ1n) is 8.08. The number of ether oxygens (including phenoxy) is 1. The molecule has 0 saturated heterocycles. The number of carbonyl (C=O) groups excluding carboxylic acids is 1. The Morgan fingerprint density at radius 2 is 1.72 bits per heavy atom. The zero-order chi connectivity index (χ0) is 18.1. The predicted molar refractivity (Wildman–Crippen MR) is 96.1 cm³/mol. The lowest BCUT2D eigenvalue weighted by Gasteiger charge is -2.09. The van der Waals surface area contributed by atoms with Crippen LogP contribution in [0.15, 0.2) is 48.5 Å². The highest BCUT2D eigenvalue weighted by molar-refractivity contribution is 5.89. The predicted octanol–water partition coefficient (Wildman–Crippen LogP) is 3.21. The van der Waals surface area contributed by atoms with Crippen LogP contribution in [0.1, 0.15) is 17.5 Å². The average molecular weight is 342 g/mol. The summed E-state index contributed by atoms with van der Waals surface area (Å²) in [5.41, 5.74) is 2.48. The number of benzene rings is 2. The number of carboxylic acids is 1. The molecule has 0 saturated carbocycles. The van der Waals surface area contributed by atoms with Crippen molar-refractivity contribution in [1.29, 1.82) is 0 Å². The number of aliphatic carboxylic acids is 1. The minimum Gasteiger partial charge on any atom is -0.494 e. The van der Waals surface area contributed by atoms with E-state index in [0.29, 0.717) is 30.8 Å². The fraction of sp³-hybridized carbons (Fsp3) is 0.263. The van der Waals surface area contributed by atoms with Gasteiger partial charge in [0.25, 0.3) is 0 Å². The van der Waals surface area contributed by atoms with Gasteiger partial charge in [0.05, 0.1) is 13.0 Å². The molecule has 25 heavy (non-hydrogen) atoms. The summed E-state index contributed by atoms with van der Waals surface area (Å²) < 4.78 is 5.59. The molecule has 0 unspecified atom stereocenters. The first-order chi connectivity index (χ1) is 12.0. The lowest BCUT2D eigenvalue weighted by atomic mass is 10.1. The number of amides is 2. The molecule has 6 nitrogen and oxygen atoms in total.